The van der Waals surface area contributed by atoms with E-state index < -0.39 is 6.04 Å². The van der Waals surface area contributed by atoms with Crippen LogP contribution in [-0.4, -0.2) is 86.7 Å². The number of thioether (sulfide) groups is 1. The Morgan fingerprint density at radius 1 is 1.02 bits per heavy atom. The number of hydrogen-bond acceptors (Lipinski definition) is 8. The summed E-state index contributed by atoms with van der Waals surface area (Å²) in [4.78, 5) is 54.1. The Balaban J connectivity index is 1.15. The normalized spacial score (nSPS) is 18.2. The molecule has 12 heteroatoms. The van der Waals surface area contributed by atoms with E-state index in [4.69, 9.17) is 4.99 Å². The molecule has 3 amide bonds. The van der Waals surface area contributed by atoms with Crippen LogP contribution in [0.2, 0.25) is 0 Å². The van der Waals surface area contributed by atoms with Crippen LogP contribution in [-0.2, 0) is 14.4 Å². The van der Waals surface area contributed by atoms with E-state index in [0.29, 0.717) is 35.6 Å². The molecule has 4 heterocycles. The molecule has 1 aromatic heterocycles. The van der Waals surface area contributed by atoms with Crippen molar-refractivity contribution in [2.24, 2.45) is 9.98 Å². The molecule has 3 aromatic rings. The molecule has 2 N–H and O–H groups in total. The SMILES string of the molecule is Cc1cc(NC(=O)CSC2=Nc3ccccc3C3=NC(=O)C(CC(=O)N4CCN(c5ccccc5)CC4)N23)n[nH]1. The number of benzene rings is 2. The van der Waals surface area contributed by atoms with E-state index >= 15 is 0 Å². The molecule has 3 aliphatic rings. The van der Waals surface area contributed by atoms with Crippen molar-refractivity contribution >= 4 is 57.7 Å². The van der Waals surface area contributed by atoms with E-state index in [9.17, 15) is 14.4 Å². The van der Waals surface area contributed by atoms with Crippen molar-refractivity contribution in [3.05, 3.63) is 71.9 Å². The average molecular weight is 557 g/mol. The van der Waals surface area contributed by atoms with Crippen molar-refractivity contribution in [2.75, 3.05) is 42.1 Å². The standard InChI is InChI=1S/C28H28N8O3S/c1-18-15-23(33-32-18)30-24(37)17-40-28-29-21-10-6-5-9-20(21)26-31-27(39)22(36(26)28)16-25(38)35-13-11-34(12-14-35)19-7-3-2-4-8-19/h2-10,15,22H,11-14,16-17H2,1H3,(H2,30,32,33,37). The quantitative estimate of drug-likeness (QED) is 0.478. The number of carbonyl (C=O) groups excluding carboxylic acids is 3. The fraction of sp³-hybridized carbons (Fsp3) is 0.286. The van der Waals surface area contributed by atoms with Gasteiger partial charge in [0, 0.05) is 49.2 Å². The van der Waals surface area contributed by atoms with Crippen LogP contribution in [0.5, 0.6) is 0 Å². The zero-order valence-corrected chi connectivity index (χ0v) is 22.7. The molecule has 1 fully saturated rings. The summed E-state index contributed by atoms with van der Waals surface area (Å²) in [7, 11) is 0. The number of nitrogens with zero attached hydrogens (tertiary/aromatic N) is 6. The van der Waals surface area contributed by atoms with Gasteiger partial charge in [-0.3, -0.25) is 24.4 Å². The molecule has 11 nitrogen and oxygen atoms in total. The zero-order chi connectivity index (χ0) is 27.6. The molecular formula is C28H28N8O3S. The van der Waals surface area contributed by atoms with Crippen LogP contribution in [0, 0.1) is 6.92 Å². The summed E-state index contributed by atoms with van der Waals surface area (Å²) in [5.41, 5.74) is 3.36. The first-order valence-electron chi connectivity index (χ1n) is 13.1. The number of amidine groups is 2. The molecule has 1 unspecified atom stereocenters. The lowest BCUT2D eigenvalue weighted by molar-refractivity contribution is -0.134. The van der Waals surface area contributed by atoms with Crippen molar-refractivity contribution in [1.29, 1.82) is 0 Å². The second-order valence-corrected chi connectivity index (χ2v) is 10.7. The second kappa shape index (κ2) is 11.0. The van der Waals surface area contributed by atoms with Crippen LogP contribution < -0.4 is 10.2 Å². The van der Waals surface area contributed by atoms with Gasteiger partial charge in [-0.05, 0) is 31.2 Å². The fourth-order valence-corrected chi connectivity index (χ4v) is 5.89. The maximum absolute atomic E-state index is 13.4. The molecule has 1 atom stereocenters. The van der Waals surface area contributed by atoms with Crippen LogP contribution in [0.1, 0.15) is 17.7 Å². The monoisotopic (exact) mass is 556 g/mol. The first kappa shape index (κ1) is 25.8. The number of aromatic nitrogens is 2. The van der Waals surface area contributed by atoms with Gasteiger partial charge in [-0.2, -0.15) is 10.1 Å². The lowest BCUT2D eigenvalue weighted by Gasteiger charge is -2.37. The molecule has 2 aromatic carbocycles. The Labute approximate surface area is 235 Å². The van der Waals surface area contributed by atoms with E-state index in [2.05, 4.69) is 37.5 Å². The number of fused-ring (bicyclic) bond motifs is 3. The third-order valence-electron chi connectivity index (χ3n) is 7.04. The average Bonchev–Trinajstić information content (AvgIpc) is 3.54. The molecule has 0 radical (unpaired) electrons. The van der Waals surface area contributed by atoms with Crippen molar-refractivity contribution in [1.82, 2.24) is 20.0 Å². The van der Waals surface area contributed by atoms with Gasteiger partial charge in [-0.15, -0.1) is 0 Å². The predicted molar refractivity (Wildman–Crippen MR) is 155 cm³/mol. The minimum Gasteiger partial charge on any atom is -0.368 e. The molecule has 0 spiro atoms. The number of piperazine rings is 1. The summed E-state index contributed by atoms with van der Waals surface area (Å²) in [5, 5.41) is 10.0. The number of para-hydroxylation sites is 2. The minimum atomic E-state index is -0.814. The van der Waals surface area contributed by atoms with Gasteiger partial charge in [0.05, 0.1) is 17.9 Å². The van der Waals surface area contributed by atoms with Gasteiger partial charge in [-0.1, -0.05) is 42.1 Å². The number of aliphatic imine (C=N–C) groups is 2. The van der Waals surface area contributed by atoms with E-state index in [1.54, 1.807) is 11.0 Å². The minimum absolute atomic E-state index is 0.0162. The molecule has 204 valence electrons. The third kappa shape index (κ3) is 5.22. The van der Waals surface area contributed by atoms with Gasteiger partial charge in [0.15, 0.2) is 11.0 Å². The van der Waals surface area contributed by atoms with E-state index in [1.165, 1.54) is 11.8 Å². The van der Waals surface area contributed by atoms with Crippen molar-refractivity contribution < 1.29 is 14.4 Å². The molecule has 0 aliphatic carbocycles. The van der Waals surface area contributed by atoms with Crippen LogP contribution in [0.3, 0.4) is 0 Å². The molecule has 1 saturated heterocycles. The Hall–Kier alpha value is -4.45. The highest BCUT2D eigenvalue weighted by Gasteiger charge is 2.43. The number of H-pyrrole nitrogens is 1. The van der Waals surface area contributed by atoms with Gasteiger partial charge in [0.25, 0.3) is 5.91 Å². The maximum Gasteiger partial charge on any atom is 0.271 e. The van der Waals surface area contributed by atoms with Crippen molar-refractivity contribution in [3.8, 4) is 0 Å². The van der Waals surface area contributed by atoms with Gasteiger partial charge < -0.3 is 15.1 Å². The number of hydrogen-bond donors (Lipinski definition) is 2. The number of nitrogens with one attached hydrogen (secondary N) is 2. The van der Waals surface area contributed by atoms with Gasteiger partial charge in [0.1, 0.15) is 11.9 Å². The zero-order valence-electron chi connectivity index (χ0n) is 21.9. The van der Waals surface area contributed by atoms with Crippen LogP contribution in [0.15, 0.2) is 70.6 Å². The summed E-state index contributed by atoms with van der Waals surface area (Å²) >= 11 is 1.20. The highest BCUT2D eigenvalue weighted by atomic mass is 32.2. The van der Waals surface area contributed by atoms with E-state index in [0.717, 1.165) is 30.0 Å². The number of anilines is 2. The lowest BCUT2D eigenvalue weighted by atomic mass is 10.1. The highest BCUT2D eigenvalue weighted by Crippen LogP contribution is 2.35. The molecule has 0 bridgehead atoms. The number of aryl methyl sites for hydroxylation is 1. The number of amides is 3. The highest BCUT2D eigenvalue weighted by molar-refractivity contribution is 8.14. The van der Waals surface area contributed by atoms with Gasteiger partial charge in [-0.25, -0.2) is 4.99 Å². The first-order chi connectivity index (χ1) is 19.5. The predicted octanol–water partition coefficient (Wildman–Crippen LogP) is 2.79. The largest absolute Gasteiger partial charge is 0.368 e. The summed E-state index contributed by atoms with van der Waals surface area (Å²) in [5.74, 6) is 0.213. The van der Waals surface area contributed by atoms with Crippen molar-refractivity contribution in [2.45, 2.75) is 19.4 Å². The Morgan fingerprint density at radius 3 is 2.52 bits per heavy atom. The number of aromatic amines is 1. The Bertz CT molecular complexity index is 1510. The van der Waals surface area contributed by atoms with E-state index in [1.807, 2.05) is 54.3 Å². The topological polar surface area (TPSA) is 126 Å². The lowest BCUT2D eigenvalue weighted by Crippen LogP contribution is -2.51. The first-order valence-corrected chi connectivity index (χ1v) is 14.1. The molecule has 6 rings (SSSR count). The summed E-state index contributed by atoms with van der Waals surface area (Å²) in [6, 6.07) is 18.5. The molecule has 0 saturated carbocycles. The second-order valence-electron chi connectivity index (χ2n) is 9.75. The van der Waals surface area contributed by atoms with Crippen LogP contribution >= 0.6 is 11.8 Å². The van der Waals surface area contributed by atoms with Gasteiger partial charge >= 0.3 is 0 Å². The van der Waals surface area contributed by atoms with E-state index in [-0.39, 0.29) is 29.9 Å². The van der Waals surface area contributed by atoms with Crippen LogP contribution in [0.25, 0.3) is 0 Å². The molecule has 3 aliphatic heterocycles. The number of rotatable bonds is 6. The summed E-state index contributed by atoms with van der Waals surface area (Å²) in [6.45, 7) is 4.45. The molecular weight excluding hydrogens is 528 g/mol. The fourth-order valence-electron chi connectivity index (χ4n) is 5.04. The Morgan fingerprint density at radius 2 is 1.77 bits per heavy atom. The Kier molecular flexibility index (Phi) is 7.08. The molecule has 40 heavy (non-hydrogen) atoms. The maximum atomic E-state index is 13.4. The van der Waals surface area contributed by atoms with Gasteiger partial charge in [0.2, 0.25) is 11.8 Å². The summed E-state index contributed by atoms with van der Waals surface area (Å²) < 4.78 is 0. The number of carbonyl (C=O) groups is 3. The third-order valence-corrected chi connectivity index (χ3v) is 7.99. The summed E-state index contributed by atoms with van der Waals surface area (Å²) in [6.07, 6.45) is -0.0162. The smallest absolute Gasteiger partial charge is 0.271 e. The van der Waals surface area contributed by atoms with Crippen LogP contribution in [0.4, 0.5) is 17.2 Å². The van der Waals surface area contributed by atoms with Crippen molar-refractivity contribution in [3.63, 3.8) is 0 Å².